The lowest BCUT2D eigenvalue weighted by atomic mass is 10.1. The number of carbonyl (C=O) groups excluding carboxylic acids is 3. The van der Waals surface area contributed by atoms with E-state index in [1.165, 1.54) is 7.11 Å². The molecule has 4 aliphatic heterocycles. The average Bonchev–Trinajstić information content (AvgIpc) is 3.86. The first kappa shape index (κ1) is 46.1. The van der Waals surface area contributed by atoms with Gasteiger partial charge in [0.2, 0.25) is 0 Å². The fourth-order valence-electron chi connectivity index (χ4n) is 9.14. The second kappa shape index (κ2) is 21.3. The minimum atomic E-state index is -0.316. The maximum atomic E-state index is 14.0. The maximum absolute atomic E-state index is 14.0. The third-order valence-corrected chi connectivity index (χ3v) is 12.4. The van der Waals surface area contributed by atoms with Crippen LogP contribution in [0.3, 0.4) is 0 Å². The fourth-order valence-corrected chi connectivity index (χ4v) is 9.14. The Kier molecular flexibility index (Phi) is 14.4. The van der Waals surface area contributed by atoms with E-state index in [1.54, 1.807) is 26.4 Å². The van der Waals surface area contributed by atoms with Crippen molar-refractivity contribution in [2.24, 2.45) is 0 Å². The van der Waals surface area contributed by atoms with Gasteiger partial charge in [-0.25, -0.2) is 0 Å². The standard InChI is InChI=1S/C52H56N4O12/c1-60-46-25-40-42(53-29-37-23-35-8-4-6-10-44(35)55(37)51(40)58)27-48(46)67-31-33-20-34(22-39(21-33)66-19-18-65-17-16-64-15-14-63-13-12-50(57)62-3)32-68-49-28-43-41(26-47(49)61-2)52(59)56-38(30-54-43)24-36-9-5-7-11-45(36)56/h4-11,20-22,25-28,37-38,53-54H,12-19,23-24,29-32H2,1-3H3/t37-,38-/m0/s1. The Morgan fingerprint density at radius 1 is 0.559 bits per heavy atom. The summed E-state index contributed by atoms with van der Waals surface area (Å²) in [6, 6.07) is 29.0. The van der Waals surface area contributed by atoms with Crippen LogP contribution in [0, 0.1) is 0 Å². The zero-order valence-electron chi connectivity index (χ0n) is 38.5. The third kappa shape index (κ3) is 10.1. The van der Waals surface area contributed by atoms with Gasteiger partial charge < -0.3 is 63.1 Å². The lowest BCUT2D eigenvalue weighted by Gasteiger charge is -2.23. The number of carbonyl (C=O) groups is 3. The molecule has 16 nitrogen and oxygen atoms in total. The molecule has 0 unspecified atom stereocenters. The Balaban J connectivity index is 0.881. The van der Waals surface area contributed by atoms with Crippen LogP contribution >= 0.6 is 0 Å². The third-order valence-electron chi connectivity index (χ3n) is 12.4. The van der Waals surface area contributed by atoms with E-state index in [0.29, 0.717) is 97.4 Å². The van der Waals surface area contributed by atoms with Crippen LogP contribution in [-0.2, 0) is 49.8 Å². The van der Waals surface area contributed by atoms with Gasteiger partial charge in [0.1, 0.15) is 25.6 Å². The summed E-state index contributed by atoms with van der Waals surface area (Å²) in [7, 11) is 4.46. The molecule has 5 aromatic carbocycles. The summed E-state index contributed by atoms with van der Waals surface area (Å²) in [5.74, 6) is 1.90. The number of methoxy groups -OCH3 is 3. The maximum Gasteiger partial charge on any atom is 0.307 e. The molecule has 0 saturated carbocycles. The SMILES string of the molecule is COC(=O)CCOCCOCCOCCOc1cc(COc2cc3c(cc2OC)C(=O)N2c4ccccc4C[C@H]2CN3)cc(COc2cc3c(cc2OC)C(=O)N2c4ccccc4C[C@H]2CN3)c1. The van der Waals surface area contributed by atoms with Gasteiger partial charge in [0.15, 0.2) is 23.0 Å². The van der Waals surface area contributed by atoms with Gasteiger partial charge in [0, 0.05) is 36.6 Å². The molecule has 4 heterocycles. The first-order chi connectivity index (χ1) is 33.3. The largest absolute Gasteiger partial charge is 0.493 e. The average molecular weight is 929 g/mol. The smallest absolute Gasteiger partial charge is 0.307 e. The van der Waals surface area contributed by atoms with Crippen molar-refractivity contribution in [2.75, 3.05) is 101 Å². The number of para-hydroxylation sites is 2. The summed E-state index contributed by atoms with van der Waals surface area (Å²) in [6.07, 6.45) is 1.75. The highest BCUT2D eigenvalue weighted by atomic mass is 16.6. The Labute approximate surface area is 395 Å². The molecule has 0 spiro atoms. The molecule has 16 heteroatoms. The van der Waals surface area contributed by atoms with E-state index >= 15 is 0 Å². The van der Waals surface area contributed by atoms with Crippen molar-refractivity contribution in [1.29, 1.82) is 0 Å². The molecule has 9 rings (SSSR count). The molecule has 356 valence electrons. The lowest BCUT2D eigenvalue weighted by Crippen LogP contribution is -2.39. The second-order valence-electron chi connectivity index (χ2n) is 16.8. The van der Waals surface area contributed by atoms with Crippen molar-refractivity contribution in [1.82, 2.24) is 0 Å². The predicted octanol–water partition coefficient (Wildman–Crippen LogP) is 6.85. The summed E-state index contributed by atoms with van der Waals surface area (Å²) in [4.78, 5) is 43.1. The van der Waals surface area contributed by atoms with Crippen LogP contribution in [0.5, 0.6) is 28.7 Å². The number of amides is 2. The van der Waals surface area contributed by atoms with E-state index in [0.717, 1.165) is 46.5 Å². The molecule has 68 heavy (non-hydrogen) atoms. The fraction of sp³-hybridized carbons (Fsp3) is 0.365. The zero-order chi connectivity index (χ0) is 47.0. The van der Waals surface area contributed by atoms with Gasteiger partial charge in [-0.15, -0.1) is 0 Å². The molecule has 0 radical (unpaired) electrons. The van der Waals surface area contributed by atoms with Crippen LogP contribution in [0.15, 0.2) is 91.0 Å². The summed E-state index contributed by atoms with van der Waals surface area (Å²) in [5, 5.41) is 7.00. The molecule has 5 aromatic rings. The van der Waals surface area contributed by atoms with E-state index in [-0.39, 0.29) is 62.7 Å². The van der Waals surface area contributed by atoms with Crippen molar-refractivity contribution in [3.8, 4) is 28.7 Å². The van der Waals surface area contributed by atoms with Crippen LogP contribution in [0.25, 0.3) is 0 Å². The highest BCUT2D eigenvalue weighted by Gasteiger charge is 2.39. The number of nitrogens with one attached hydrogen (secondary N) is 2. The van der Waals surface area contributed by atoms with Gasteiger partial charge in [-0.1, -0.05) is 36.4 Å². The Bertz CT molecular complexity index is 2480. The Hall–Kier alpha value is -7.01. The van der Waals surface area contributed by atoms with Gasteiger partial charge in [-0.2, -0.15) is 0 Å². The number of ether oxygens (including phenoxy) is 9. The van der Waals surface area contributed by atoms with Gasteiger partial charge in [-0.05, 0) is 77.6 Å². The number of hydrogen-bond donors (Lipinski definition) is 2. The van der Waals surface area contributed by atoms with Crippen LogP contribution in [-0.4, -0.2) is 111 Å². The summed E-state index contributed by atoms with van der Waals surface area (Å²) in [6.45, 7) is 3.79. The molecular weight excluding hydrogens is 873 g/mol. The zero-order valence-corrected chi connectivity index (χ0v) is 38.5. The quantitative estimate of drug-likeness (QED) is 0.0580. The van der Waals surface area contributed by atoms with Crippen molar-refractivity contribution in [3.05, 3.63) is 124 Å². The van der Waals surface area contributed by atoms with E-state index in [4.69, 9.17) is 37.9 Å². The van der Waals surface area contributed by atoms with Crippen LogP contribution in [0.2, 0.25) is 0 Å². The van der Waals surface area contributed by atoms with Crippen LogP contribution in [0.1, 0.15) is 49.4 Å². The Morgan fingerprint density at radius 3 is 1.51 bits per heavy atom. The molecule has 2 N–H and O–H groups in total. The number of anilines is 4. The van der Waals surface area contributed by atoms with Gasteiger partial charge in [0.05, 0.1) is 102 Å². The predicted molar refractivity (Wildman–Crippen MR) is 254 cm³/mol. The van der Waals surface area contributed by atoms with Crippen molar-refractivity contribution in [2.45, 2.75) is 44.6 Å². The topological polar surface area (TPSA) is 165 Å². The highest BCUT2D eigenvalue weighted by Crippen LogP contribution is 2.43. The van der Waals surface area contributed by atoms with Crippen LogP contribution < -0.4 is 44.1 Å². The lowest BCUT2D eigenvalue weighted by molar-refractivity contribution is -0.141. The molecule has 0 saturated heterocycles. The van der Waals surface area contributed by atoms with E-state index in [9.17, 15) is 14.4 Å². The first-order valence-corrected chi connectivity index (χ1v) is 22.9. The number of hydrogen-bond acceptors (Lipinski definition) is 14. The number of esters is 1. The van der Waals surface area contributed by atoms with Gasteiger partial charge in [-0.3, -0.25) is 14.4 Å². The molecule has 2 amide bonds. The molecule has 0 bridgehead atoms. The molecule has 2 atom stereocenters. The number of rotatable bonds is 21. The monoisotopic (exact) mass is 928 g/mol. The Morgan fingerprint density at radius 2 is 1.03 bits per heavy atom. The summed E-state index contributed by atoms with van der Waals surface area (Å²) >= 11 is 0. The second-order valence-corrected chi connectivity index (χ2v) is 16.8. The van der Waals surface area contributed by atoms with Crippen molar-refractivity contribution in [3.63, 3.8) is 0 Å². The van der Waals surface area contributed by atoms with E-state index in [2.05, 4.69) is 27.5 Å². The molecule has 0 aromatic heterocycles. The minimum Gasteiger partial charge on any atom is -0.493 e. The number of fused-ring (bicyclic) bond motifs is 8. The highest BCUT2D eigenvalue weighted by molar-refractivity contribution is 6.13. The van der Waals surface area contributed by atoms with Crippen LogP contribution in [0.4, 0.5) is 22.7 Å². The molecule has 0 fully saturated rings. The van der Waals surface area contributed by atoms with Gasteiger partial charge >= 0.3 is 5.97 Å². The first-order valence-electron chi connectivity index (χ1n) is 22.9. The normalized spacial score (nSPS) is 16.4. The van der Waals surface area contributed by atoms with Crippen molar-refractivity contribution < 1.29 is 57.0 Å². The summed E-state index contributed by atoms with van der Waals surface area (Å²) < 4.78 is 52.1. The van der Waals surface area contributed by atoms with E-state index in [1.807, 2.05) is 76.5 Å². The van der Waals surface area contributed by atoms with Crippen molar-refractivity contribution >= 4 is 40.5 Å². The van der Waals surface area contributed by atoms with Gasteiger partial charge in [0.25, 0.3) is 11.8 Å². The minimum absolute atomic E-state index is 0.0124. The number of nitrogens with zero attached hydrogens (tertiary/aromatic N) is 2. The molecule has 4 aliphatic rings. The summed E-state index contributed by atoms with van der Waals surface area (Å²) in [5.41, 5.74) is 8.15. The molecule has 0 aliphatic carbocycles. The number of benzene rings is 5. The molecular formula is C52H56N4O12. The van der Waals surface area contributed by atoms with E-state index < -0.39 is 0 Å².